The van der Waals surface area contributed by atoms with Crippen LogP contribution < -0.4 is 5.63 Å². The second kappa shape index (κ2) is 14.0. The Morgan fingerprint density at radius 1 is 0.690 bits per heavy atom. The molecule has 1 rings (SSSR count). The van der Waals surface area contributed by atoms with Crippen LogP contribution in [-0.2, 0) is 0 Å². The zero-order chi connectivity index (χ0) is 21.6. The average molecular weight is 409 g/mol. The van der Waals surface area contributed by atoms with Crippen molar-refractivity contribution in [3.63, 3.8) is 0 Å². The van der Waals surface area contributed by atoms with Gasteiger partial charge in [-0.3, -0.25) is 9.59 Å². The molecule has 6 nitrogen and oxygen atoms in total. The third kappa shape index (κ3) is 8.42. The Balaban J connectivity index is 2.72. The van der Waals surface area contributed by atoms with Gasteiger partial charge in [0.05, 0.1) is 0 Å². The van der Waals surface area contributed by atoms with Crippen molar-refractivity contribution < 1.29 is 24.2 Å². The van der Waals surface area contributed by atoms with E-state index in [0.717, 1.165) is 64.2 Å². The Morgan fingerprint density at radius 3 is 1.59 bits per heavy atom. The van der Waals surface area contributed by atoms with Gasteiger partial charge >= 0.3 is 5.63 Å². The SMILES string of the molecule is CCCCCCCCC(=O)c1c(O)oc(=O)c(C(=O)CCCCCCCC)c1O. The molecule has 0 aliphatic heterocycles. The number of hydrogen-bond acceptors (Lipinski definition) is 6. The first-order valence-electron chi connectivity index (χ1n) is 11.1. The van der Waals surface area contributed by atoms with E-state index in [1.54, 1.807) is 0 Å². The van der Waals surface area contributed by atoms with Crippen molar-refractivity contribution in [3.8, 4) is 11.7 Å². The molecule has 0 aliphatic rings. The van der Waals surface area contributed by atoms with Gasteiger partial charge in [0.25, 0.3) is 5.95 Å². The van der Waals surface area contributed by atoms with E-state index in [4.69, 9.17) is 0 Å². The average Bonchev–Trinajstić information content (AvgIpc) is 2.66. The summed E-state index contributed by atoms with van der Waals surface area (Å²) in [5.41, 5.74) is -2.08. The lowest BCUT2D eigenvalue weighted by Gasteiger charge is -2.09. The minimum absolute atomic E-state index is 0.0975. The van der Waals surface area contributed by atoms with Crippen LogP contribution in [0.4, 0.5) is 0 Å². The van der Waals surface area contributed by atoms with Gasteiger partial charge in [0.1, 0.15) is 11.1 Å². The Morgan fingerprint density at radius 2 is 1.10 bits per heavy atom. The Kier molecular flexibility index (Phi) is 12.0. The van der Waals surface area contributed by atoms with E-state index in [2.05, 4.69) is 18.3 Å². The van der Waals surface area contributed by atoms with Gasteiger partial charge in [0.2, 0.25) is 0 Å². The minimum Gasteiger partial charge on any atom is -0.506 e. The maximum atomic E-state index is 12.4. The van der Waals surface area contributed by atoms with E-state index >= 15 is 0 Å². The first kappa shape index (κ1) is 24.9. The molecule has 0 aromatic carbocycles. The monoisotopic (exact) mass is 408 g/mol. The van der Waals surface area contributed by atoms with Gasteiger partial charge in [0, 0.05) is 12.8 Å². The fourth-order valence-electron chi connectivity index (χ4n) is 3.39. The largest absolute Gasteiger partial charge is 0.506 e. The van der Waals surface area contributed by atoms with Crippen LogP contribution in [-0.4, -0.2) is 21.8 Å². The summed E-state index contributed by atoms with van der Waals surface area (Å²) in [5.74, 6) is -2.74. The van der Waals surface area contributed by atoms with Crippen LogP contribution in [0.15, 0.2) is 9.21 Å². The molecule has 0 fully saturated rings. The lowest BCUT2D eigenvalue weighted by Crippen LogP contribution is -2.17. The normalized spacial score (nSPS) is 11.0. The Bertz CT molecular complexity index is 704. The van der Waals surface area contributed by atoms with Gasteiger partial charge in [-0.2, -0.15) is 0 Å². The van der Waals surface area contributed by atoms with Crippen molar-refractivity contribution in [2.45, 2.75) is 104 Å². The van der Waals surface area contributed by atoms with Crippen molar-refractivity contribution in [1.29, 1.82) is 0 Å². The fourth-order valence-corrected chi connectivity index (χ4v) is 3.39. The van der Waals surface area contributed by atoms with Gasteiger partial charge in [-0.25, -0.2) is 4.79 Å². The number of Topliss-reactive ketones (excluding diaryl/α,β-unsaturated/α-hetero) is 2. The predicted molar refractivity (Wildman–Crippen MR) is 113 cm³/mol. The van der Waals surface area contributed by atoms with Gasteiger partial charge in [-0.05, 0) is 12.8 Å². The molecule has 0 aliphatic carbocycles. The lowest BCUT2D eigenvalue weighted by atomic mass is 9.99. The third-order valence-electron chi connectivity index (χ3n) is 5.15. The minimum atomic E-state index is -1.10. The summed E-state index contributed by atoms with van der Waals surface area (Å²) < 4.78 is 4.68. The van der Waals surface area contributed by atoms with Gasteiger partial charge in [-0.1, -0.05) is 78.1 Å². The van der Waals surface area contributed by atoms with E-state index in [0.29, 0.717) is 12.8 Å². The van der Waals surface area contributed by atoms with Crippen LogP contribution in [0.2, 0.25) is 0 Å². The highest BCUT2D eigenvalue weighted by Crippen LogP contribution is 2.31. The Labute approximate surface area is 173 Å². The van der Waals surface area contributed by atoms with Crippen LogP contribution >= 0.6 is 0 Å². The van der Waals surface area contributed by atoms with E-state index in [1.807, 2.05) is 0 Å². The fraction of sp³-hybridized carbons (Fsp3) is 0.696. The Hall–Kier alpha value is -2.11. The third-order valence-corrected chi connectivity index (χ3v) is 5.15. The van der Waals surface area contributed by atoms with Crippen molar-refractivity contribution in [1.82, 2.24) is 0 Å². The molecule has 2 N–H and O–H groups in total. The molecular formula is C23H36O6. The zero-order valence-corrected chi connectivity index (χ0v) is 17.9. The number of unbranched alkanes of at least 4 members (excludes halogenated alkanes) is 10. The highest BCUT2D eigenvalue weighted by molar-refractivity contribution is 6.06. The number of aromatic hydroxyl groups is 2. The summed E-state index contributed by atoms with van der Waals surface area (Å²) in [4.78, 5) is 36.8. The maximum Gasteiger partial charge on any atom is 0.353 e. The zero-order valence-electron chi connectivity index (χ0n) is 17.9. The molecule has 0 atom stereocenters. The quantitative estimate of drug-likeness (QED) is 0.260. The smallest absolute Gasteiger partial charge is 0.353 e. The highest BCUT2D eigenvalue weighted by Gasteiger charge is 2.27. The van der Waals surface area contributed by atoms with E-state index in [1.165, 1.54) is 0 Å². The first-order valence-corrected chi connectivity index (χ1v) is 11.1. The summed E-state index contributed by atoms with van der Waals surface area (Å²) in [6.45, 7) is 4.26. The van der Waals surface area contributed by atoms with Crippen molar-refractivity contribution >= 4 is 11.6 Å². The molecule has 1 aromatic rings. The van der Waals surface area contributed by atoms with Gasteiger partial charge < -0.3 is 14.6 Å². The van der Waals surface area contributed by atoms with Gasteiger partial charge in [-0.15, -0.1) is 0 Å². The molecule has 0 radical (unpaired) electrons. The summed E-state index contributed by atoms with van der Waals surface area (Å²) >= 11 is 0. The van der Waals surface area contributed by atoms with Crippen LogP contribution in [0.5, 0.6) is 11.7 Å². The molecule has 0 bridgehead atoms. The van der Waals surface area contributed by atoms with Crippen molar-refractivity contribution in [2.75, 3.05) is 0 Å². The molecule has 1 aromatic heterocycles. The number of hydrogen-bond donors (Lipinski definition) is 2. The second-order valence-corrected chi connectivity index (χ2v) is 7.68. The molecule has 29 heavy (non-hydrogen) atoms. The summed E-state index contributed by atoms with van der Waals surface area (Å²) in [6.07, 6.45) is 12.0. The summed E-state index contributed by atoms with van der Waals surface area (Å²) in [6, 6.07) is 0. The molecule has 0 unspecified atom stereocenters. The number of rotatable bonds is 16. The molecular weight excluding hydrogens is 372 g/mol. The van der Waals surface area contributed by atoms with Crippen LogP contribution in [0, 0.1) is 0 Å². The predicted octanol–water partition coefficient (Wildman–Crippen LogP) is 5.92. The lowest BCUT2D eigenvalue weighted by molar-refractivity contribution is 0.0962. The second-order valence-electron chi connectivity index (χ2n) is 7.68. The molecule has 164 valence electrons. The number of carbonyl (C=O) groups is 2. The molecule has 1 heterocycles. The van der Waals surface area contributed by atoms with Crippen molar-refractivity contribution in [3.05, 3.63) is 21.5 Å². The summed E-state index contributed by atoms with van der Waals surface area (Å²) in [7, 11) is 0. The number of ketones is 2. The highest BCUT2D eigenvalue weighted by atomic mass is 16.5. The van der Waals surface area contributed by atoms with E-state index in [-0.39, 0.29) is 12.8 Å². The molecule has 0 saturated carbocycles. The molecule has 0 spiro atoms. The van der Waals surface area contributed by atoms with Crippen LogP contribution in [0.1, 0.15) is 124 Å². The van der Waals surface area contributed by atoms with E-state index in [9.17, 15) is 24.6 Å². The topological polar surface area (TPSA) is 105 Å². The number of carbonyl (C=O) groups excluding carboxylic acids is 2. The van der Waals surface area contributed by atoms with Crippen molar-refractivity contribution in [2.24, 2.45) is 0 Å². The molecule has 0 saturated heterocycles. The maximum absolute atomic E-state index is 12.4. The summed E-state index contributed by atoms with van der Waals surface area (Å²) in [5, 5.41) is 20.2. The van der Waals surface area contributed by atoms with E-state index < -0.39 is 40.0 Å². The van der Waals surface area contributed by atoms with Crippen LogP contribution in [0.3, 0.4) is 0 Å². The molecule has 6 heteroatoms. The first-order chi connectivity index (χ1) is 13.9. The van der Waals surface area contributed by atoms with Crippen LogP contribution in [0.25, 0.3) is 0 Å². The van der Waals surface area contributed by atoms with Gasteiger partial charge in [0.15, 0.2) is 17.3 Å². The molecule has 0 amide bonds. The standard InChI is InChI=1S/C23H36O6/c1-3-5-7-9-11-13-15-17(24)19-21(26)20(23(28)29-22(19)27)18(25)16-14-12-10-8-6-4-2/h26-27H,3-16H2,1-2H3.